The normalized spacial score (nSPS) is 10.7. The molecule has 68 valence electrons. The standard InChI is InChI=1S/C8H7BrN2S2/c1-4-3-6(12-5(4)2)7-10-11-8(9)13-7/h3H,1-2H3. The molecule has 0 fully saturated rings. The molecule has 2 aromatic rings. The Kier molecular flexibility index (Phi) is 2.49. The fourth-order valence-corrected chi connectivity index (χ4v) is 3.17. The van der Waals surface area contributed by atoms with Gasteiger partial charge < -0.3 is 0 Å². The van der Waals surface area contributed by atoms with Gasteiger partial charge in [-0.3, -0.25) is 0 Å². The molecule has 0 aliphatic rings. The highest BCUT2D eigenvalue weighted by Crippen LogP contribution is 2.33. The molecule has 0 aromatic carbocycles. The summed E-state index contributed by atoms with van der Waals surface area (Å²) < 4.78 is 0.839. The first-order valence-electron chi connectivity index (χ1n) is 3.73. The van der Waals surface area contributed by atoms with Gasteiger partial charge in [-0.1, -0.05) is 11.3 Å². The van der Waals surface area contributed by atoms with Gasteiger partial charge in [-0.25, -0.2) is 0 Å². The molecule has 0 aliphatic carbocycles. The van der Waals surface area contributed by atoms with Crippen LogP contribution in [0.1, 0.15) is 10.4 Å². The van der Waals surface area contributed by atoms with E-state index in [1.54, 1.807) is 22.7 Å². The summed E-state index contributed by atoms with van der Waals surface area (Å²) >= 11 is 6.64. The predicted octanol–water partition coefficient (Wildman–Crippen LogP) is 3.65. The molecule has 0 spiro atoms. The minimum atomic E-state index is 0.839. The summed E-state index contributed by atoms with van der Waals surface area (Å²) in [4.78, 5) is 2.56. The zero-order valence-corrected chi connectivity index (χ0v) is 10.4. The highest BCUT2D eigenvalue weighted by molar-refractivity contribution is 9.11. The highest BCUT2D eigenvalue weighted by Gasteiger charge is 2.08. The molecule has 0 atom stereocenters. The largest absolute Gasteiger partial charge is 0.183 e. The van der Waals surface area contributed by atoms with Crippen LogP contribution in [0, 0.1) is 13.8 Å². The van der Waals surface area contributed by atoms with Crippen LogP contribution >= 0.6 is 38.6 Å². The van der Waals surface area contributed by atoms with Gasteiger partial charge in [-0.05, 0) is 41.4 Å². The number of halogens is 1. The Morgan fingerprint density at radius 2 is 2.00 bits per heavy atom. The average Bonchev–Trinajstić information content (AvgIpc) is 2.61. The number of nitrogens with zero attached hydrogens (tertiary/aromatic N) is 2. The van der Waals surface area contributed by atoms with Crippen LogP contribution in [0.15, 0.2) is 9.98 Å². The van der Waals surface area contributed by atoms with Gasteiger partial charge in [-0.2, -0.15) is 0 Å². The Morgan fingerprint density at radius 3 is 2.46 bits per heavy atom. The molecule has 0 unspecified atom stereocenters. The number of rotatable bonds is 1. The lowest BCUT2D eigenvalue weighted by molar-refractivity contribution is 1.08. The third kappa shape index (κ3) is 1.82. The number of hydrogen-bond donors (Lipinski definition) is 0. The van der Waals surface area contributed by atoms with E-state index < -0.39 is 0 Å². The van der Waals surface area contributed by atoms with Crippen molar-refractivity contribution in [1.29, 1.82) is 0 Å². The summed E-state index contributed by atoms with van der Waals surface area (Å²) in [6, 6.07) is 2.16. The lowest BCUT2D eigenvalue weighted by Crippen LogP contribution is -1.69. The van der Waals surface area contributed by atoms with Gasteiger partial charge in [0.15, 0.2) is 8.92 Å². The zero-order valence-electron chi connectivity index (χ0n) is 7.17. The second-order valence-electron chi connectivity index (χ2n) is 2.71. The maximum absolute atomic E-state index is 4.07. The monoisotopic (exact) mass is 274 g/mol. The van der Waals surface area contributed by atoms with E-state index in [1.165, 1.54) is 15.3 Å². The van der Waals surface area contributed by atoms with Gasteiger partial charge in [0.25, 0.3) is 0 Å². The van der Waals surface area contributed by atoms with Gasteiger partial charge >= 0.3 is 0 Å². The van der Waals surface area contributed by atoms with E-state index >= 15 is 0 Å². The van der Waals surface area contributed by atoms with Gasteiger partial charge in [0.1, 0.15) is 0 Å². The first-order chi connectivity index (χ1) is 6.16. The van der Waals surface area contributed by atoms with Crippen LogP contribution in [0.3, 0.4) is 0 Å². The van der Waals surface area contributed by atoms with E-state index in [-0.39, 0.29) is 0 Å². The molecule has 2 heterocycles. The Morgan fingerprint density at radius 1 is 1.23 bits per heavy atom. The Bertz CT molecular complexity index is 414. The average molecular weight is 275 g/mol. The van der Waals surface area contributed by atoms with Crippen LogP contribution in [-0.2, 0) is 0 Å². The molecular formula is C8H7BrN2S2. The Labute approximate surface area is 92.8 Å². The number of hydrogen-bond acceptors (Lipinski definition) is 4. The fraction of sp³-hybridized carbons (Fsp3) is 0.250. The second kappa shape index (κ2) is 3.48. The summed E-state index contributed by atoms with van der Waals surface area (Å²) in [7, 11) is 0. The van der Waals surface area contributed by atoms with Crippen LogP contribution in [-0.4, -0.2) is 10.2 Å². The van der Waals surface area contributed by atoms with Crippen molar-refractivity contribution in [1.82, 2.24) is 10.2 Å². The van der Waals surface area contributed by atoms with E-state index in [1.807, 2.05) is 0 Å². The molecule has 0 radical (unpaired) electrons. The van der Waals surface area contributed by atoms with Crippen molar-refractivity contribution in [2.24, 2.45) is 0 Å². The molecular weight excluding hydrogens is 268 g/mol. The van der Waals surface area contributed by atoms with E-state index in [0.717, 1.165) is 8.92 Å². The maximum Gasteiger partial charge on any atom is 0.183 e. The molecule has 0 saturated heterocycles. The van der Waals surface area contributed by atoms with Gasteiger partial charge in [0.2, 0.25) is 0 Å². The van der Waals surface area contributed by atoms with E-state index in [2.05, 4.69) is 46.0 Å². The first-order valence-corrected chi connectivity index (χ1v) is 6.16. The van der Waals surface area contributed by atoms with Crippen molar-refractivity contribution < 1.29 is 0 Å². The topological polar surface area (TPSA) is 25.8 Å². The molecule has 2 rings (SSSR count). The molecule has 2 aromatic heterocycles. The van der Waals surface area contributed by atoms with E-state index in [0.29, 0.717) is 0 Å². The molecule has 0 bridgehead atoms. The number of thiophene rings is 1. The van der Waals surface area contributed by atoms with Crippen molar-refractivity contribution in [3.63, 3.8) is 0 Å². The Balaban J connectivity index is 2.46. The van der Waals surface area contributed by atoms with Crippen molar-refractivity contribution in [2.45, 2.75) is 13.8 Å². The van der Waals surface area contributed by atoms with Crippen molar-refractivity contribution in [3.05, 3.63) is 20.4 Å². The maximum atomic E-state index is 4.07. The van der Waals surface area contributed by atoms with Crippen LogP contribution < -0.4 is 0 Å². The molecule has 0 aliphatic heterocycles. The highest BCUT2D eigenvalue weighted by atomic mass is 79.9. The van der Waals surface area contributed by atoms with Gasteiger partial charge in [0.05, 0.1) is 4.88 Å². The summed E-state index contributed by atoms with van der Waals surface area (Å²) in [6.07, 6.45) is 0. The van der Waals surface area contributed by atoms with E-state index in [4.69, 9.17) is 0 Å². The molecule has 0 saturated carbocycles. The minimum absolute atomic E-state index is 0.839. The molecule has 5 heteroatoms. The summed E-state index contributed by atoms with van der Waals surface area (Å²) in [5, 5.41) is 8.99. The lowest BCUT2D eigenvalue weighted by Gasteiger charge is -1.83. The van der Waals surface area contributed by atoms with Crippen LogP contribution in [0.4, 0.5) is 0 Å². The number of aromatic nitrogens is 2. The number of aryl methyl sites for hydroxylation is 2. The van der Waals surface area contributed by atoms with Crippen LogP contribution in [0.5, 0.6) is 0 Å². The smallest absolute Gasteiger partial charge is 0.138 e. The minimum Gasteiger partial charge on any atom is -0.138 e. The predicted molar refractivity (Wildman–Crippen MR) is 60.4 cm³/mol. The van der Waals surface area contributed by atoms with Crippen LogP contribution in [0.25, 0.3) is 9.88 Å². The molecule has 13 heavy (non-hydrogen) atoms. The zero-order chi connectivity index (χ0) is 9.42. The third-order valence-electron chi connectivity index (χ3n) is 1.78. The van der Waals surface area contributed by atoms with Crippen molar-refractivity contribution >= 4 is 38.6 Å². The molecule has 2 nitrogen and oxygen atoms in total. The quantitative estimate of drug-likeness (QED) is 0.794. The van der Waals surface area contributed by atoms with Crippen molar-refractivity contribution in [2.75, 3.05) is 0 Å². The second-order valence-corrected chi connectivity index (χ2v) is 6.22. The SMILES string of the molecule is Cc1cc(-c2nnc(Br)s2)sc1C. The lowest BCUT2D eigenvalue weighted by atomic mass is 10.3. The fourth-order valence-electron chi connectivity index (χ4n) is 0.983. The van der Waals surface area contributed by atoms with Gasteiger partial charge in [-0.15, -0.1) is 21.5 Å². The Hall–Kier alpha value is -0.260. The molecule has 0 amide bonds. The van der Waals surface area contributed by atoms with Crippen LogP contribution in [0.2, 0.25) is 0 Å². The first kappa shape index (κ1) is 9.30. The third-order valence-corrected chi connectivity index (χ3v) is 4.45. The van der Waals surface area contributed by atoms with Crippen molar-refractivity contribution in [3.8, 4) is 9.88 Å². The summed E-state index contributed by atoms with van der Waals surface area (Å²) in [5.74, 6) is 0. The summed E-state index contributed by atoms with van der Waals surface area (Å²) in [6.45, 7) is 4.24. The van der Waals surface area contributed by atoms with Gasteiger partial charge in [0, 0.05) is 4.88 Å². The molecule has 0 N–H and O–H groups in total. The summed E-state index contributed by atoms with van der Waals surface area (Å²) in [5.41, 5.74) is 1.33. The van der Waals surface area contributed by atoms with E-state index in [9.17, 15) is 0 Å².